The Kier molecular flexibility index (Phi) is 17.3. The second-order valence-electron chi connectivity index (χ2n) is 21.1. The van der Waals surface area contributed by atoms with Crippen molar-refractivity contribution >= 4 is 82.4 Å². The van der Waals surface area contributed by atoms with E-state index in [0.717, 1.165) is 49.4 Å². The minimum Gasteiger partial charge on any atom is -0.493 e. The number of carbonyl (C=O) groups is 4. The number of hydrogen-bond acceptors (Lipinski definition) is 15. The predicted molar refractivity (Wildman–Crippen MR) is 309 cm³/mol. The number of aryl methyl sites for hydroxylation is 2. The fourth-order valence-electron chi connectivity index (χ4n) is 11.2. The van der Waals surface area contributed by atoms with E-state index in [1.807, 2.05) is 92.4 Å². The van der Waals surface area contributed by atoms with E-state index in [4.69, 9.17) is 18.4 Å². The van der Waals surface area contributed by atoms with Crippen molar-refractivity contribution in [1.29, 1.82) is 0 Å². The molecule has 0 aliphatic carbocycles. The molecular formula is C59H67N3O13S4. The summed E-state index contributed by atoms with van der Waals surface area (Å²) in [5.74, 6) is 0.785. The van der Waals surface area contributed by atoms with Crippen LogP contribution in [0.2, 0.25) is 0 Å². The Balaban J connectivity index is 0.961. The Hall–Kier alpha value is -5.90. The van der Waals surface area contributed by atoms with Crippen molar-refractivity contribution < 1.29 is 58.6 Å². The number of hydrogen-bond donors (Lipinski definition) is 0. The highest BCUT2D eigenvalue weighted by atomic mass is 33.1. The fraction of sp³-hybridized carbons (Fsp3) is 0.424. The molecule has 0 saturated carbocycles. The van der Waals surface area contributed by atoms with Gasteiger partial charge >= 0.3 is 0 Å². The topological polar surface area (TPSA) is 192 Å². The number of amides is 3. The van der Waals surface area contributed by atoms with E-state index in [9.17, 15) is 36.0 Å². The maximum Gasteiger partial charge on any atom is 0.277 e. The molecule has 0 saturated heterocycles. The van der Waals surface area contributed by atoms with Gasteiger partial charge in [0, 0.05) is 64.6 Å². The van der Waals surface area contributed by atoms with Crippen LogP contribution in [-0.4, -0.2) is 102 Å². The molecule has 5 aromatic rings. The maximum atomic E-state index is 14.5. The molecule has 9 rings (SSSR count). The molecule has 0 bridgehead atoms. The zero-order valence-corrected chi connectivity index (χ0v) is 49.0. The summed E-state index contributed by atoms with van der Waals surface area (Å²) in [6.45, 7) is 7.58. The van der Waals surface area contributed by atoms with Crippen LogP contribution in [-0.2, 0) is 77.1 Å². The van der Waals surface area contributed by atoms with Gasteiger partial charge in [-0.2, -0.15) is 16.8 Å². The maximum absolute atomic E-state index is 14.5. The molecule has 4 heterocycles. The molecule has 5 aromatic carbocycles. The molecule has 16 nitrogen and oxygen atoms in total. The van der Waals surface area contributed by atoms with E-state index in [-0.39, 0.29) is 62.7 Å². The second-order valence-corrected chi connectivity index (χ2v) is 28.0. The molecule has 79 heavy (non-hydrogen) atoms. The first kappa shape index (κ1) is 57.8. The van der Waals surface area contributed by atoms with Gasteiger partial charge in [0.1, 0.15) is 29.5 Å². The van der Waals surface area contributed by atoms with Crippen LogP contribution < -0.4 is 28.9 Å². The number of ketones is 1. The van der Waals surface area contributed by atoms with Crippen LogP contribution in [0, 0.1) is 6.92 Å². The third-order valence-corrected chi connectivity index (χ3v) is 22.3. The lowest BCUT2D eigenvalue weighted by Crippen LogP contribution is -2.47. The quantitative estimate of drug-likeness (QED) is 0.0361. The van der Waals surface area contributed by atoms with Crippen molar-refractivity contribution in [2.75, 3.05) is 48.8 Å². The van der Waals surface area contributed by atoms with Gasteiger partial charge in [-0.05, 0) is 159 Å². The SMILES string of the molecule is CCC(=O)C(CCSSC(C)(C)CCC(=O)N(C)c1cc(COc2cc3c(cc2C)C(=O)N2c4ccccc4C[C@H]2C(S(=O)(=O)OC)C3)cc(COc2cc3c(cc2OC)C(=O)N2c4ccccc4C[C@H]2CC3)c1)S(=O)(=O)OC. The number of anilines is 3. The Morgan fingerprint density at radius 2 is 1.37 bits per heavy atom. The molecule has 4 aliphatic heterocycles. The van der Waals surface area contributed by atoms with E-state index >= 15 is 0 Å². The third-order valence-electron chi connectivity index (χ3n) is 15.5. The summed E-state index contributed by atoms with van der Waals surface area (Å²) in [6, 6.07) is 27.7. The molecule has 0 spiro atoms. The molecule has 0 aromatic heterocycles. The van der Waals surface area contributed by atoms with Crippen LogP contribution in [0.3, 0.4) is 0 Å². The molecule has 2 unspecified atom stereocenters. The number of rotatable bonds is 22. The molecule has 3 amide bonds. The summed E-state index contributed by atoms with van der Waals surface area (Å²) in [6.07, 6.45) is 3.49. The molecule has 20 heteroatoms. The molecule has 0 radical (unpaired) electrons. The van der Waals surface area contributed by atoms with E-state index in [1.54, 1.807) is 49.1 Å². The number of methoxy groups -OCH3 is 1. The number of para-hydroxylation sites is 2. The first-order valence-electron chi connectivity index (χ1n) is 26.4. The summed E-state index contributed by atoms with van der Waals surface area (Å²) >= 11 is 0. The van der Waals surface area contributed by atoms with E-state index in [1.165, 1.54) is 21.6 Å². The Morgan fingerprint density at radius 3 is 2.03 bits per heavy atom. The molecule has 0 fully saturated rings. The number of fused-ring (bicyclic) bond motifs is 8. The minimum atomic E-state index is -4.11. The van der Waals surface area contributed by atoms with Gasteiger partial charge in [-0.3, -0.25) is 27.5 Å². The lowest BCUT2D eigenvalue weighted by molar-refractivity contribution is -0.119. The first-order chi connectivity index (χ1) is 37.7. The van der Waals surface area contributed by atoms with Gasteiger partial charge in [0.05, 0.1) is 27.4 Å². The van der Waals surface area contributed by atoms with Crippen molar-refractivity contribution in [2.45, 2.75) is 126 Å². The molecular weight excluding hydrogens is 1090 g/mol. The zero-order chi connectivity index (χ0) is 56.6. The fourth-order valence-corrected chi connectivity index (χ4v) is 16.4. The molecule has 4 atom stereocenters. The van der Waals surface area contributed by atoms with Crippen molar-refractivity contribution in [1.82, 2.24) is 0 Å². The van der Waals surface area contributed by atoms with E-state index in [2.05, 4.69) is 10.2 Å². The standard InChI is InChI=1S/C59H67N3O13S4/c1-9-50(63)54(78(67,68)72-7)21-23-76-77-59(3,4)22-20-56(64)60(5)44-26-37(25-38(27-44)35-75-53-30-39-18-19-43-28-40-14-10-12-16-47(40)61(43)57(65)46(39)33-52(53)71-6)34-74-51-31-42-32-55(79(69,70)73-8)49-29-41-15-11-13-17-48(41)62(49)58(66)45(42)24-36(51)2/h10-17,24-27,30-31,33,43,49,54-55H,9,18-23,28-29,32,34-35H2,1-8H3/t43-,49+,54?,55?/m1/s1. The summed E-state index contributed by atoms with van der Waals surface area (Å²) in [4.78, 5) is 60.4. The number of nitrogens with zero attached hydrogens (tertiary/aromatic N) is 3. The van der Waals surface area contributed by atoms with Gasteiger partial charge < -0.3 is 28.9 Å². The highest BCUT2D eigenvalue weighted by Crippen LogP contribution is 2.44. The van der Waals surface area contributed by atoms with E-state index < -0.39 is 47.3 Å². The van der Waals surface area contributed by atoms with Crippen molar-refractivity contribution in [2.24, 2.45) is 0 Å². The van der Waals surface area contributed by atoms with Gasteiger partial charge in [0.2, 0.25) is 5.91 Å². The van der Waals surface area contributed by atoms with Crippen molar-refractivity contribution in [3.05, 3.63) is 141 Å². The van der Waals surface area contributed by atoms with Gasteiger partial charge in [-0.1, -0.05) is 64.9 Å². The monoisotopic (exact) mass is 1150 g/mol. The number of Topliss-reactive ketones (excluding diaryl/α,β-unsaturated/α-hetero) is 1. The first-order valence-corrected chi connectivity index (χ1v) is 31.7. The summed E-state index contributed by atoms with van der Waals surface area (Å²) in [5.41, 5.74) is 8.66. The van der Waals surface area contributed by atoms with Crippen LogP contribution in [0.1, 0.15) is 113 Å². The summed E-state index contributed by atoms with van der Waals surface area (Å²) in [5, 5.41) is -2.28. The van der Waals surface area contributed by atoms with Gasteiger partial charge in [0.25, 0.3) is 32.1 Å². The summed E-state index contributed by atoms with van der Waals surface area (Å²) < 4.78 is 80.6. The third kappa shape index (κ3) is 12.1. The largest absolute Gasteiger partial charge is 0.493 e. The lowest BCUT2D eigenvalue weighted by Gasteiger charge is -2.28. The smallest absolute Gasteiger partial charge is 0.277 e. The number of carbonyl (C=O) groups excluding carboxylic acids is 4. The molecule has 4 aliphatic rings. The lowest BCUT2D eigenvalue weighted by atomic mass is 9.97. The van der Waals surface area contributed by atoms with Crippen LogP contribution in [0.15, 0.2) is 91.0 Å². The Morgan fingerprint density at radius 1 is 0.747 bits per heavy atom. The minimum absolute atomic E-state index is 0.0210. The van der Waals surface area contributed by atoms with Crippen LogP contribution >= 0.6 is 21.6 Å². The van der Waals surface area contributed by atoms with Crippen molar-refractivity contribution in [3.63, 3.8) is 0 Å². The Labute approximate surface area is 471 Å². The van der Waals surface area contributed by atoms with Gasteiger partial charge in [-0.25, -0.2) is 0 Å². The molecule has 420 valence electrons. The Bertz CT molecular complexity index is 3420. The average molecular weight is 1150 g/mol. The summed E-state index contributed by atoms with van der Waals surface area (Å²) in [7, 11) is 0.303. The second kappa shape index (κ2) is 23.7. The highest BCUT2D eigenvalue weighted by molar-refractivity contribution is 8.77. The van der Waals surface area contributed by atoms with Crippen LogP contribution in [0.5, 0.6) is 17.2 Å². The average Bonchev–Trinajstić information content (AvgIpc) is 4.21. The van der Waals surface area contributed by atoms with Crippen LogP contribution in [0.25, 0.3) is 0 Å². The number of benzene rings is 5. The van der Waals surface area contributed by atoms with Crippen molar-refractivity contribution in [3.8, 4) is 17.2 Å². The van der Waals surface area contributed by atoms with E-state index in [0.29, 0.717) is 87.0 Å². The zero-order valence-electron chi connectivity index (χ0n) is 45.7. The predicted octanol–water partition coefficient (Wildman–Crippen LogP) is 9.77. The van der Waals surface area contributed by atoms with Crippen LogP contribution in [0.4, 0.5) is 17.1 Å². The van der Waals surface area contributed by atoms with Gasteiger partial charge in [0.15, 0.2) is 17.3 Å². The number of ether oxygens (including phenoxy) is 3. The highest BCUT2D eigenvalue weighted by Gasteiger charge is 2.48. The molecule has 0 N–H and O–H groups in total. The van der Waals surface area contributed by atoms with Gasteiger partial charge in [-0.15, -0.1) is 0 Å². The normalized spacial score (nSPS) is 18.1.